The van der Waals surface area contributed by atoms with Crippen LogP contribution in [0.4, 0.5) is 5.69 Å². The molecule has 2 aromatic carbocycles. The Hall–Kier alpha value is -2.57. The average Bonchev–Trinajstić information content (AvgIpc) is 3.18. The van der Waals surface area contributed by atoms with E-state index < -0.39 is 0 Å². The molecule has 5 nitrogen and oxygen atoms in total. The van der Waals surface area contributed by atoms with Crippen molar-refractivity contribution in [2.75, 3.05) is 12.4 Å². The molecular formula is C20H19ClN2O3S. The Bertz CT molecular complexity index is 925. The fourth-order valence-electron chi connectivity index (χ4n) is 2.47. The Kier molecular flexibility index (Phi) is 5.98. The summed E-state index contributed by atoms with van der Waals surface area (Å²) in [4.78, 5) is 16.9. The summed E-state index contributed by atoms with van der Waals surface area (Å²) in [6.45, 7) is 3.79. The molecule has 0 atom stereocenters. The smallest absolute Gasteiger partial charge is 0.255 e. The number of carbonyl (C=O) groups is 1. The molecule has 0 aliphatic heterocycles. The van der Waals surface area contributed by atoms with Crippen LogP contribution in [0, 0.1) is 0 Å². The fraction of sp³-hybridized carbons (Fsp3) is 0.200. The lowest BCUT2D eigenvalue weighted by molar-refractivity contribution is 0.102. The number of nitrogens with zero attached hydrogens (tertiary/aromatic N) is 1. The van der Waals surface area contributed by atoms with Crippen LogP contribution in [0.3, 0.4) is 0 Å². The van der Waals surface area contributed by atoms with Gasteiger partial charge < -0.3 is 14.8 Å². The molecule has 0 unspecified atom stereocenters. The maximum absolute atomic E-state index is 12.6. The van der Waals surface area contributed by atoms with Crippen LogP contribution in [0.15, 0.2) is 48.0 Å². The van der Waals surface area contributed by atoms with E-state index in [1.165, 1.54) is 7.11 Å². The molecule has 140 valence electrons. The Morgan fingerprint density at radius 2 is 1.96 bits per heavy atom. The van der Waals surface area contributed by atoms with E-state index in [0.717, 1.165) is 10.6 Å². The summed E-state index contributed by atoms with van der Waals surface area (Å²) in [5.74, 6) is 0.562. The maximum atomic E-state index is 12.6. The van der Waals surface area contributed by atoms with Gasteiger partial charge in [-0.3, -0.25) is 4.79 Å². The van der Waals surface area contributed by atoms with Crippen molar-refractivity contribution in [2.45, 2.75) is 20.0 Å². The van der Waals surface area contributed by atoms with E-state index in [9.17, 15) is 4.79 Å². The van der Waals surface area contributed by atoms with Gasteiger partial charge in [-0.2, -0.15) is 0 Å². The number of hydrogen-bond acceptors (Lipinski definition) is 5. The second-order valence-electron chi connectivity index (χ2n) is 6.02. The molecule has 7 heteroatoms. The van der Waals surface area contributed by atoms with Crippen LogP contribution in [0.2, 0.25) is 5.02 Å². The maximum Gasteiger partial charge on any atom is 0.255 e. The minimum Gasteiger partial charge on any atom is -0.493 e. The second-order valence-corrected chi connectivity index (χ2v) is 7.33. The van der Waals surface area contributed by atoms with Crippen LogP contribution in [-0.2, 0) is 0 Å². The number of thiazole rings is 1. The first-order valence-electron chi connectivity index (χ1n) is 8.33. The minimum atomic E-state index is -0.284. The van der Waals surface area contributed by atoms with Crippen molar-refractivity contribution in [3.8, 4) is 22.1 Å². The van der Waals surface area contributed by atoms with Gasteiger partial charge in [-0.05, 0) is 50.2 Å². The molecule has 3 rings (SSSR count). The largest absolute Gasteiger partial charge is 0.493 e. The van der Waals surface area contributed by atoms with Gasteiger partial charge in [0.25, 0.3) is 5.91 Å². The standard InChI is InChI=1S/C20H19ClN2O3S/c1-12(2)26-18-16(21)10-14(11-17(18)25-3)19(24)23-15-6-4-13(5-7-15)20-22-8-9-27-20/h4-12H,1-3H3,(H,23,24). The first-order chi connectivity index (χ1) is 13.0. The third-order valence-electron chi connectivity index (χ3n) is 3.67. The van der Waals surface area contributed by atoms with Gasteiger partial charge in [0.2, 0.25) is 0 Å². The average molecular weight is 403 g/mol. The molecule has 1 heterocycles. The van der Waals surface area contributed by atoms with Crippen LogP contribution in [0.5, 0.6) is 11.5 Å². The van der Waals surface area contributed by atoms with Crippen molar-refractivity contribution in [1.29, 1.82) is 0 Å². The molecule has 0 spiro atoms. The number of rotatable bonds is 6. The molecule has 0 bridgehead atoms. The van der Waals surface area contributed by atoms with Crippen LogP contribution < -0.4 is 14.8 Å². The number of ether oxygens (including phenoxy) is 2. The molecule has 1 N–H and O–H groups in total. The van der Waals surface area contributed by atoms with Gasteiger partial charge in [-0.25, -0.2) is 4.98 Å². The summed E-state index contributed by atoms with van der Waals surface area (Å²) in [5.41, 5.74) is 2.07. The van der Waals surface area contributed by atoms with Crippen molar-refractivity contribution in [1.82, 2.24) is 4.98 Å². The summed E-state index contributed by atoms with van der Waals surface area (Å²) < 4.78 is 11.0. The fourth-order valence-corrected chi connectivity index (χ4v) is 3.37. The monoisotopic (exact) mass is 402 g/mol. The zero-order chi connectivity index (χ0) is 19.4. The van der Waals surface area contributed by atoms with Crippen LogP contribution >= 0.6 is 22.9 Å². The first-order valence-corrected chi connectivity index (χ1v) is 9.59. The molecule has 0 saturated carbocycles. The molecule has 1 amide bonds. The van der Waals surface area contributed by atoms with Crippen molar-refractivity contribution < 1.29 is 14.3 Å². The predicted octanol–water partition coefficient (Wildman–Crippen LogP) is 5.51. The molecule has 0 fully saturated rings. The predicted molar refractivity (Wildman–Crippen MR) is 109 cm³/mol. The Morgan fingerprint density at radius 1 is 1.22 bits per heavy atom. The van der Waals surface area contributed by atoms with E-state index in [4.69, 9.17) is 21.1 Å². The van der Waals surface area contributed by atoms with Crippen LogP contribution in [0.1, 0.15) is 24.2 Å². The molecule has 0 aliphatic rings. The number of halogens is 1. The van der Waals surface area contributed by atoms with E-state index in [1.807, 2.05) is 43.5 Å². The summed E-state index contributed by atoms with van der Waals surface area (Å²) in [6, 6.07) is 10.7. The van der Waals surface area contributed by atoms with Crippen molar-refractivity contribution >= 4 is 34.5 Å². The van der Waals surface area contributed by atoms with Gasteiger partial charge in [-0.1, -0.05) is 11.6 Å². The van der Waals surface area contributed by atoms with Gasteiger partial charge in [0, 0.05) is 28.4 Å². The second kappa shape index (κ2) is 8.41. The topological polar surface area (TPSA) is 60.5 Å². The Morgan fingerprint density at radius 3 is 2.56 bits per heavy atom. The third-order valence-corrected chi connectivity index (χ3v) is 4.77. The van der Waals surface area contributed by atoms with E-state index >= 15 is 0 Å². The van der Waals surface area contributed by atoms with Gasteiger partial charge in [0.1, 0.15) is 5.01 Å². The summed E-state index contributed by atoms with van der Waals surface area (Å²) in [6.07, 6.45) is 1.70. The normalized spacial score (nSPS) is 10.7. The molecule has 27 heavy (non-hydrogen) atoms. The lowest BCUT2D eigenvalue weighted by Crippen LogP contribution is -2.13. The molecule has 0 radical (unpaired) electrons. The summed E-state index contributed by atoms with van der Waals surface area (Å²) in [5, 5.41) is 6.05. The third kappa shape index (κ3) is 4.59. The van der Waals surface area contributed by atoms with Gasteiger partial charge in [-0.15, -0.1) is 11.3 Å². The van der Waals surface area contributed by atoms with Crippen molar-refractivity contribution in [2.24, 2.45) is 0 Å². The van der Waals surface area contributed by atoms with E-state index in [2.05, 4.69) is 10.3 Å². The number of carbonyl (C=O) groups excluding carboxylic acids is 1. The number of anilines is 1. The van der Waals surface area contributed by atoms with E-state index in [1.54, 1.807) is 29.7 Å². The highest BCUT2D eigenvalue weighted by Crippen LogP contribution is 2.37. The SMILES string of the molecule is COc1cc(C(=O)Nc2ccc(-c3nccs3)cc2)cc(Cl)c1OC(C)C. The van der Waals surface area contributed by atoms with E-state index in [-0.39, 0.29) is 12.0 Å². The number of methoxy groups -OCH3 is 1. The van der Waals surface area contributed by atoms with Gasteiger partial charge in [0.05, 0.1) is 18.2 Å². The molecular weight excluding hydrogens is 384 g/mol. The van der Waals surface area contributed by atoms with Gasteiger partial charge in [0.15, 0.2) is 11.5 Å². The highest BCUT2D eigenvalue weighted by molar-refractivity contribution is 7.13. The Balaban J connectivity index is 1.78. The quantitative estimate of drug-likeness (QED) is 0.590. The molecule has 0 aliphatic carbocycles. The highest BCUT2D eigenvalue weighted by atomic mass is 35.5. The number of hydrogen-bond donors (Lipinski definition) is 1. The summed E-state index contributed by atoms with van der Waals surface area (Å²) in [7, 11) is 1.51. The first kappa shape index (κ1) is 19.2. The zero-order valence-corrected chi connectivity index (χ0v) is 16.7. The minimum absolute atomic E-state index is 0.0626. The molecule has 3 aromatic rings. The van der Waals surface area contributed by atoms with Crippen LogP contribution in [-0.4, -0.2) is 24.1 Å². The summed E-state index contributed by atoms with van der Waals surface area (Å²) >= 11 is 7.86. The van der Waals surface area contributed by atoms with Crippen molar-refractivity contribution in [3.63, 3.8) is 0 Å². The number of aromatic nitrogens is 1. The highest BCUT2D eigenvalue weighted by Gasteiger charge is 2.17. The van der Waals surface area contributed by atoms with Gasteiger partial charge >= 0.3 is 0 Å². The number of benzene rings is 2. The lowest BCUT2D eigenvalue weighted by atomic mass is 10.1. The van der Waals surface area contributed by atoms with Crippen molar-refractivity contribution in [3.05, 3.63) is 58.6 Å². The van der Waals surface area contributed by atoms with Crippen LogP contribution in [0.25, 0.3) is 10.6 Å². The van der Waals surface area contributed by atoms with E-state index in [0.29, 0.717) is 27.8 Å². The zero-order valence-electron chi connectivity index (χ0n) is 15.2. The number of amides is 1. The number of nitrogens with one attached hydrogen (secondary N) is 1. The molecule has 0 saturated heterocycles. The Labute approximate surface area is 166 Å². The molecule has 1 aromatic heterocycles. The lowest BCUT2D eigenvalue weighted by Gasteiger charge is -2.16.